The summed E-state index contributed by atoms with van der Waals surface area (Å²) in [5.41, 5.74) is 1.01. The number of hydrogen-bond donors (Lipinski definition) is 2. The molecule has 0 heterocycles. The summed E-state index contributed by atoms with van der Waals surface area (Å²) >= 11 is 0. The highest BCUT2D eigenvalue weighted by atomic mass is 16.5. The first-order valence-corrected chi connectivity index (χ1v) is 7.22. The Kier molecular flexibility index (Phi) is 4.80. The molecular weight excluding hydrogens is 284 g/mol. The van der Waals surface area contributed by atoms with Crippen molar-refractivity contribution in [2.45, 2.75) is 26.3 Å². The van der Waals surface area contributed by atoms with Crippen LogP contribution in [0.2, 0.25) is 0 Å². The molecule has 1 fully saturated rings. The van der Waals surface area contributed by atoms with Crippen molar-refractivity contribution in [3.05, 3.63) is 29.8 Å². The molecule has 1 aromatic rings. The van der Waals surface area contributed by atoms with Crippen LogP contribution >= 0.6 is 0 Å². The fraction of sp³-hybridized carbons (Fsp3) is 0.438. The summed E-state index contributed by atoms with van der Waals surface area (Å²) in [5.74, 6) is -1.19. The van der Waals surface area contributed by atoms with Crippen molar-refractivity contribution in [1.29, 1.82) is 0 Å². The maximum absolute atomic E-state index is 12.1. The van der Waals surface area contributed by atoms with Crippen LogP contribution in [0.25, 0.3) is 0 Å². The molecule has 0 aliphatic heterocycles. The zero-order chi connectivity index (χ0) is 16.3. The number of rotatable bonds is 5. The standard InChI is InChI=1S/C16H20N2O4/c1-9(2)17-14(19)12-8-13(12)15(20)18-11-6-4-10(5-7-11)16(21)22-3/h4-7,9,12-13H,8H2,1-3H3,(H,17,19)(H,18,20). The second-order valence-corrected chi connectivity index (χ2v) is 5.67. The minimum Gasteiger partial charge on any atom is -0.465 e. The van der Waals surface area contributed by atoms with Crippen molar-refractivity contribution in [2.24, 2.45) is 11.8 Å². The van der Waals surface area contributed by atoms with Gasteiger partial charge in [0, 0.05) is 11.7 Å². The molecule has 0 saturated heterocycles. The van der Waals surface area contributed by atoms with Gasteiger partial charge >= 0.3 is 5.97 Å². The fourth-order valence-corrected chi connectivity index (χ4v) is 2.21. The molecule has 1 aliphatic rings. The number of amides is 2. The van der Waals surface area contributed by atoms with E-state index in [4.69, 9.17) is 0 Å². The molecule has 2 unspecified atom stereocenters. The molecule has 0 aromatic heterocycles. The van der Waals surface area contributed by atoms with Crippen molar-refractivity contribution in [2.75, 3.05) is 12.4 Å². The Morgan fingerprint density at radius 3 is 2.23 bits per heavy atom. The van der Waals surface area contributed by atoms with E-state index in [1.807, 2.05) is 13.8 Å². The van der Waals surface area contributed by atoms with Gasteiger partial charge in [-0.25, -0.2) is 4.79 Å². The van der Waals surface area contributed by atoms with Crippen LogP contribution in [0.15, 0.2) is 24.3 Å². The van der Waals surface area contributed by atoms with Gasteiger partial charge < -0.3 is 15.4 Å². The SMILES string of the molecule is COC(=O)c1ccc(NC(=O)C2CC2C(=O)NC(C)C)cc1. The van der Waals surface area contributed by atoms with Crippen LogP contribution in [0.1, 0.15) is 30.6 Å². The van der Waals surface area contributed by atoms with Crippen LogP contribution in [0.4, 0.5) is 5.69 Å². The molecule has 22 heavy (non-hydrogen) atoms. The minimum absolute atomic E-state index is 0.0719. The molecule has 1 saturated carbocycles. The van der Waals surface area contributed by atoms with Crippen LogP contribution < -0.4 is 10.6 Å². The molecule has 2 N–H and O–H groups in total. The molecule has 1 aliphatic carbocycles. The second-order valence-electron chi connectivity index (χ2n) is 5.67. The van der Waals surface area contributed by atoms with Gasteiger partial charge in [-0.2, -0.15) is 0 Å². The normalized spacial score (nSPS) is 19.5. The summed E-state index contributed by atoms with van der Waals surface area (Å²) in [7, 11) is 1.31. The molecule has 6 heteroatoms. The first kappa shape index (κ1) is 16.0. The summed E-state index contributed by atoms with van der Waals surface area (Å²) in [6.07, 6.45) is 0.574. The number of hydrogen-bond acceptors (Lipinski definition) is 4. The average molecular weight is 304 g/mol. The maximum atomic E-state index is 12.1. The summed E-state index contributed by atoms with van der Waals surface area (Å²) < 4.78 is 4.61. The topological polar surface area (TPSA) is 84.5 Å². The van der Waals surface area contributed by atoms with Crippen molar-refractivity contribution in [3.63, 3.8) is 0 Å². The number of carbonyl (C=O) groups is 3. The lowest BCUT2D eigenvalue weighted by Gasteiger charge is -2.08. The fourth-order valence-electron chi connectivity index (χ4n) is 2.21. The Bertz CT molecular complexity index is 580. The number of benzene rings is 1. The lowest BCUT2D eigenvalue weighted by molar-refractivity contribution is -0.125. The van der Waals surface area contributed by atoms with E-state index in [2.05, 4.69) is 15.4 Å². The Morgan fingerprint density at radius 2 is 1.68 bits per heavy atom. The van der Waals surface area contributed by atoms with Crippen LogP contribution in [0, 0.1) is 11.8 Å². The quantitative estimate of drug-likeness (QED) is 0.809. The van der Waals surface area contributed by atoms with E-state index in [0.717, 1.165) is 0 Å². The molecule has 118 valence electrons. The predicted molar refractivity (Wildman–Crippen MR) is 81.3 cm³/mol. The van der Waals surface area contributed by atoms with E-state index < -0.39 is 5.97 Å². The number of methoxy groups -OCH3 is 1. The van der Waals surface area contributed by atoms with Gasteiger partial charge in [0.05, 0.1) is 24.5 Å². The monoisotopic (exact) mass is 304 g/mol. The van der Waals surface area contributed by atoms with Crippen molar-refractivity contribution >= 4 is 23.5 Å². The molecule has 1 aromatic carbocycles. The third kappa shape index (κ3) is 3.84. The lowest BCUT2D eigenvalue weighted by atomic mass is 10.2. The van der Waals surface area contributed by atoms with Gasteiger partial charge in [0.2, 0.25) is 11.8 Å². The van der Waals surface area contributed by atoms with Crippen LogP contribution in [-0.2, 0) is 14.3 Å². The first-order chi connectivity index (χ1) is 10.4. The van der Waals surface area contributed by atoms with E-state index in [9.17, 15) is 14.4 Å². The van der Waals surface area contributed by atoms with Gasteiger partial charge in [0.15, 0.2) is 0 Å². The van der Waals surface area contributed by atoms with Crippen LogP contribution in [0.5, 0.6) is 0 Å². The third-order valence-corrected chi connectivity index (χ3v) is 3.47. The Morgan fingerprint density at radius 1 is 1.09 bits per heavy atom. The van der Waals surface area contributed by atoms with Gasteiger partial charge in [-0.1, -0.05) is 0 Å². The van der Waals surface area contributed by atoms with E-state index in [1.54, 1.807) is 24.3 Å². The molecule has 0 radical (unpaired) electrons. The van der Waals surface area contributed by atoms with Crippen molar-refractivity contribution in [1.82, 2.24) is 5.32 Å². The molecule has 6 nitrogen and oxygen atoms in total. The first-order valence-electron chi connectivity index (χ1n) is 7.22. The summed E-state index contributed by atoms with van der Waals surface area (Å²) in [6.45, 7) is 3.77. The highest BCUT2D eigenvalue weighted by molar-refractivity contribution is 6.00. The maximum Gasteiger partial charge on any atom is 0.337 e. The van der Waals surface area contributed by atoms with Gasteiger partial charge in [-0.05, 0) is 44.5 Å². The predicted octanol–water partition coefficient (Wildman–Crippen LogP) is 1.57. The smallest absolute Gasteiger partial charge is 0.337 e. The Hall–Kier alpha value is -2.37. The molecule has 2 rings (SSSR count). The number of esters is 1. The minimum atomic E-state index is -0.425. The third-order valence-electron chi connectivity index (χ3n) is 3.47. The highest BCUT2D eigenvalue weighted by Gasteiger charge is 2.48. The Balaban J connectivity index is 1.88. The molecule has 0 spiro atoms. The van der Waals surface area contributed by atoms with Gasteiger partial charge in [0.25, 0.3) is 0 Å². The zero-order valence-electron chi connectivity index (χ0n) is 12.9. The van der Waals surface area contributed by atoms with Crippen LogP contribution in [0.3, 0.4) is 0 Å². The summed E-state index contributed by atoms with van der Waals surface area (Å²) in [4.78, 5) is 35.2. The second kappa shape index (κ2) is 6.60. The van der Waals surface area contributed by atoms with Crippen LogP contribution in [-0.4, -0.2) is 30.9 Å². The number of ether oxygens (including phenoxy) is 1. The zero-order valence-corrected chi connectivity index (χ0v) is 12.9. The summed E-state index contributed by atoms with van der Waals surface area (Å²) in [6, 6.07) is 6.50. The largest absolute Gasteiger partial charge is 0.465 e. The summed E-state index contributed by atoms with van der Waals surface area (Å²) in [5, 5.41) is 5.56. The number of nitrogens with one attached hydrogen (secondary N) is 2. The number of carbonyl (C=O) groups excluding carboxylic acids is 3. The van der Waals surface area contributed by atoms with Gasteiger partial charge in [0.1, 0.15) is 0 Å². The average Bonchev–Trinajstić information content (AvgIpc) is 3.27. The molecule has 2 amide bonds. The van der Waals surface area contributed by atoms with E-state index in [1.165, 1.54) is 7.11 Å². The molecular formula is C16H20N2O4. The highest BCUT2D eigenvalue weighted by Crippen LogP contribution is 2.39. The van der Waals surface area contributed by atoms with E-state index in [0.29, 0.717) is 17.7 Å². The molecule has 0 bridgehead atoms. The van der Waals surface area contributed by atoms with Crippen molar-refractivity contribution < 1.29 is 19.1 Å². The van der Waals surface area contributed by atoms with E-state index in [-0.39, 0.29) is 29.7 Å². The van der Waals surface area contributed by atoms with Gasteiger partial charge in [-0.15, -0.1) is 0 Å². The lowest BCUT2D eigenvalue weighted by Crippen LogP contribution is -2.32. The Labute approximate surface area is 129 Å². The van der Waals surface area contributed by atoms with E-state index >= 15 is 0 Å². The van der Waals surface area contributed by atoms with Crippen molar-refractivity contribution in [3.8, 4) is 0 Å². The number of anilines is 1. The molecule has 2 atom stereocenters. The van der Waals surface area contributed by atoms with Gasteiger partial charge in [-0.3, -0.25) is 9.59 Å².